The van der Waals surface area contributed by atoms with Gasteiger partial charge in [-0.1, -0.05) is 0 Å². The van der Waals surface area contributed by atoms with Crippen LogP contribution in [-0.4, -0.2) is 40.6 Å². The molecule has 106 valence electrons. The first kappa shape index (κ1) is 13.3. The molecule has 0 spiro atoms. The molecule has 1 aliphatic heterocycles. The number of piperidine rings is 1. The molecule has 1 fully saturated rings. The molecule has 1 amide bonds. The first-order chi connectivity index (χ1) is 9.78. The molecule has 1 aliphatic rings. The van der Waals surface area contributed by atoms with Crippen molar-refractivity contribution < 1.29 is 14.3 Å². The topological polar surface area (TPSA) is 66.6 Å². The van der Waals surface area contributed by atoms with Crippen LogP contribution in [0.5, 0.6) is 0 Å². The molecule has 0 aromatic carbocycles. The summed E-state index contributed by atoms with van der Waals surface area (Å²) in [4.78, 5) is 18.6. The average molecular weight is 292 g/mol. The number of nitrogens with zero attached hydrogens (tertiary/aromatic N) is 2. The minimum absolute atomic E-state index is 0.0209. The van der Waals surface area contributed by atoms with Crippen molar-refractivity contribution in [2.75, 3.05) is 19.7 Å². The number of thiazole rings is 1. The highest BCUT2D eigenvalue weighted by Crippen LogP contribution is 2.25. The lowest BCUT2D eigenvalue weighted by Gasteiger charge is -2.30. The number of likely N-dealkylation sites (tertiary alicyclic amines) is 1. The highest BCUT2D eigenvalue weighted by atomic mass is 32.1. The molecule has 2 aromatic heterocycles. The van der Waals surface area contributed by atoms with Crippen molar-refractivity contribution in [3.8, 4) is 10.6 Å². The zero-order chi connectivity index (χ0) is 13.9. The van der Waals surface area contributed by atoms with Gasteiger partial charge in [-0.15, -0.1) is 11.3 Å². The van der Waals surface area contributed by atoms with Gasteiger partial charge in [-0.25, -0.2) is 4.98 Å². The molecular formula is C14H16N2O3S. The molecule has 0 radical (unpaired) electrons. The largest absolute Gasteiger partial charge is 0.472 e. The first-order valence-corrected chi connectivity index (χ1v) is 7.54. The summed E-state index contributed by atoms with van der Waals surface area (Å²) in [6.45, 7) is 1.61. The van der Waals surface area contributed by atoms with E-state index in [1.54, 1.807) is 17.9 Å². The van der Waals surface area contributed by atoms with Crippen molar-refractivity contribution in [1.29, 1.82) is 0 Å². The number of aliphatic hydroxyl groups is 1. The van der Waals surface area contributed by atoms with E-state index in [9.17, 15) is 4.79 Å². The third-order valence-corrected chi connectivity index (χ3v) is 4.54. The summed E-state index contributed by atoms with van der Waals surface area (Å²) in [5.74, 6) is 0.309. The number of furan rings is 1. The molecule has 1 saturated heterocycles. The van der Waals surface area contributed by atoms with Gasteiger partial charge >= 0.3 is 0 Å². The average Bonchev–Trinajstić information content (AvgIpc) is 3.17. The smallest absolute Gasteiger partial charge is 0.273 e. The van der Waals surface area contributed by atoms with E-state index in [4.69, 9.17) is 9.52 Å². The van der Waals surface area contributed by atoms with Crippen molar-refractivity contribution >= 4 is 17.2 Å². The Labute approximate surface area is 120 Å². The van der Waals surface area contributed by atoms with Crippen LogP contribution in [0, 0.1) is 5.92 Å². The van der Waals surface area contributed by atoms with Crippen LogP contribution in [0.2, 0.25) is 0 Å². The third kappa shape index (κ3) is 2.62. The van der Waals surface area contributed by atoms with E-state index in [-0.39, 0.29) is 12.5 Å². The second kappa shape index (κ2) is 5.76. The maximum atomic E-state index is 12.4. The Morgan fingerprint density at radius 2 is 2.30 bits per heavy atom. The summed E-state index contributed by atoms with van der Waals surface area (Å²) in [6, 6.07) is 1.83. The number of hydrogen-bond donors (Lipinski definition) is 1. The predicted octanol–water partition coefficient (Wildman–Crippen LogP) is 2.25. The van der Waals surface area contributed by atoms with Crippen LogP contribution in [0.4, 0.5) is 0 Å². The quantitative estimate of drug-likeness (QED) is 0.942. The fourth-order valence-corrected chi connectivity index (χ4v) is 3.15. The maximum absolute atomic E-state index is 12.4. The van der Waals surface area contributed by atoms with E-state index in [0.717, 1.165) is 23.4 Å². The van der Waals surface area contributed by atoms with Gasteiger partial charge in [-0.05, 0) is 24.8 Å². The van der Waals surface area contributed by atoms with Crippen LogP contribution in [-0.2, 0) is 0 Å². The second-order valence-electron chi connectivity index (χ2n) is 4.97. The number of amides is 1. The SMILES string of the molecule is O=C(c1csc(-c2ccoc2)n1)N1CCC(CO)CC1. The van der Waals surface area contributed by atoms with Gasteiger partial charge in [0.2, 0.25) is 0 Å². The fourth-order valence-electron chi connectivity index (χ4n) is 2.37. The minimum atomic E-state index is -0.0209. The predicted molar refractivity (Wildman–Crippen MR) is 75.5 cm³/mol. The standard InChI is InChI=1S/C14H16N2O3S/c17-7-10-1-4-16(5-2-10)14(18)12-9-20-13(15-12)11-3-6-19-8-11/h3,6,8-10,17H,1-2,4-5,7H2. The minimum Gasteiger partial charge on any atom is -0.472 e. The monoisotopic (exact) mass is 292 g/mol. The van der Waals surface area contributed by atoms with Crippen LogP contribution in [0.15, 0.2) is 28.4 Å². The van der Waals surface area contributed by atoms with Gasteiger partial charge < -0.3 is 14.4 Å². The third-order valence-electron chi connectivity index (χ3n) is 3.65. The Balaban J connectivity index is 1.69. The number of carbonyl (C=O) groups is 1. The van der Waals surface area contributed by atoms with Gasteiger partial charge in [0.15, 0.2) is 0 Å². The molecule has 5 nitrogen and oxygen atoms in total. The van der Waals surface area contributed by atoms with E-state index in [1.165, 1.54) is 11.3 Å². The van der Waals surface area contributed by atoms with Crippen LogP contribution in [0.3, 0.4) is 0 Å². The summed E-state index contributed by atoms with van der Waals surface area (Å²) in [6.07, 6.45) is 4.94. The van der Waals surface area contributed by atoms with Gasteiger partial charge in [-0.2, -0.15) is 0 Å². The molecule has 1 N–H and O–H groups in total. The summed E-state index contributed by atoms with van der Waals surface area (Å²) >= 11 is 1.45. The van der Waals surface area contributed by atoms with Gasteiger partial charge in [0, 0.05) is 30.6 Å². The zero-order valence-corrected chi connectivity index (χ0v) is 11.8. The number of aliphatic hydroxyl groups excluding tert-OH is 1. The molecule has 0 atom stereocenters. The lowest BCUT2D eigenvalue weighted by atomic mass is 9.98. The van der Waals surface area contributed by atoms with Crippen LogP contribution in [0.25, 0.3) is 10.6 Å². The molecule has 0 saturated carbocycles. The molecule has 20 heavy (non-hydrogen) atoms. The van der Waals surface area contributed by atoms with Gasteiger partial charge in [0.1, 0.15) is 17.0 Å². The maximum Gasteiger partial charge on any atom is 0.273 e. The number of hydrogen-bond acceptors (Lipinski definition) is 5. The normalized spacial score (nSPS) is 16.6. The molecule has 0 bridgehead atoms. The summed E-state index contributed by atoms with van der Waals surface area (Å²) < 4.78 is 5.03. The van der Waals surface area contributed by atoms with Crippen LogP contribution in [0.1, 0.15) is 23.3 Å². The fraction of sp³-hybridized carbons (Fsp3) is 0.429. The lowest BCUT2D eigenvalue weighted by molar-refractivity contribution is 0.0646. The number of carbonyl (C=O) groups excluding carboxylic acids is 1. The highest BCUT2D eigenvalue weighted by Gasteiger charge is 2.24. The second-order valence-corrected chi connectivity index (χ2v) is 5.83. The molecule has 2 aromatic rings. The van der Waals surface area contributed by atoms with Crippen molar-refractivity contribution in [1.82, 2.24) is 9.88 Å². The van der Waals surface area contributed by atoms with E-state index in [2.05, 4.69) is 4.98 Å². The summed E-state index contributed by atoms with van der Waals surface area (Å²) in [5, 5.41) is 11.7. The zero-order valence-electron chi connectivity index (χ0n) is 11.0. The van der Waals surface area contributed by atoms with Crippen molar-refractivity contribution in [3.05, 3.63) is 29.7 Å². The summed E-state index contributed by atoms with van der Waals surface area (Å²) in [5.41, 5.74) is 1.39. The number of rotatable bonds is 3. The van der Waals surface area contributed by atoms with Gasteiger partial charge in [-0.3, -0.25) is 4.79 Å². The Kier molecular flexibility index (Phi) is 3.84. The lowest BCUT2D eigenvalue weighted by Crippen LogP contribution is -2.39. The van der Waals surface area contributed by atoms with E-state index in [0.29, 0.717) is 24.7 Å². The molecule has 0 aliphatic carbocycles. The first-order valence-electron chi connectivity index (χ1n) is 6.66. The number of aromatic nitrogens is 1. The van der Waals surface area contributed by atoms with E-state index >= 15 is 0 Å². The van der Waals surface area contributed by atoms with E-state index < -0.39 is 0 Å². The van der Waals surface area contributed by atoms with Gasteiger partial charge in [0.25, 0.3) is 5.91 Å². The Hall–Kier alpha value is -1.66. The molecule has 6 heteroatoms. The van der Waals surface area contributed by atoms with E-state index in [1.807, 2.05) is 11.0 Å². The van der Waals surface area contributed by atoms with Gasteiger partial charge in [0.05, 0.1) is 6.26 Å². The van der Waals surface area contributed by atoms with Crippen LogP contribution < -0.4 is 0 Å². The summed E-state index contributed by atoms with van der Waals surface area (Å²) in [7, 11) is 0. The van der Waals surface area contributed by atoms with Crippen molar-refractivity contribution in [2.45, 2.75) is 12.8 Å². The molecular weight excluding hydrogens is 276 g/mol. The molecule has 0 unspecified atom stereocenters. The van der Waals surface area contributed by atoms with Crippen LogP contribution >= 0.6 is 11.3 Å². The van der Waals surface area contributed by atoms with Crippen molar-refractivity contribution in [2.24, 2.45) is 5.92 Å². The highest BCUT2D eigenvalue weighted by molar-refractivity contribution is 7.13. The Bertz CT molecular complexity index is 571. The van der Waals surface area contributed by atoms with Crippen molar-refractivity contribution in [3.63, 3.8) is 0 Å². The molecule has 3 heterocycles. The molecule has 3 rings (SSSR count). The Morgan fingerprint density at radius 1 is 1.50 bits per heavy atom. The Morgan fingerprint density at radius 3 is 2.95 bits per heavy atom.